The number of hydrogen-bond acceptors (Lipinski definition) is 4. The minimum atomic E-state index is -3.94. The topological polar surface area (TPSA) is 85.1 Å². The fourth-order valence-electron chi connectivity index (χ4n) is 1.78. The molecule has 1 aromatic carbocycles. The first-order valence-electron chi connectivity index (χ1n) is 5.96. The number of pyridine rings is 1. The summed E-state index contributed by atoms with van der Waals surface area (Å²) in [5, 5.41) is 0. The second-order valence-corrected chi connectivity index (χ2v) is 6.83. The summed E-state index contributed by atoms with van der Waals surface area (Å²) in [5.41, 5.74) is 6.80. The van der Waals surface area contributed by atoms with Gasteiger partial charge in [-0.3, -0.25) is 9.71 Å². The summed E-state index contributed by atoms with van der Waals surface area (Å²) in [5.74, 6) is -0.746. The normalized spacial score (nSPS) is 11.4. The van der Waals surface area contributed by atoms with Gasteiger partial charge in [0, 0.05) is 17.2 Å². The lowest BCUT2D eigenvalue weighted by Gasteiger charge is -2.13. The third-order valence-electron chi connectivity index (χ3n) is 2.82. The smallest absolute Gasteiger partial charge is 0.263 e. The third kappa shape index (κ3) is 3.39. The highest BCUT2D eigenvalue weighted by Crippen LogP contribution is 2.29. The summed E-state index contributed by atoms with van der Waals surface area (Å²) in [6.07, 6.45) is 2.24. The fraction of sp³-hybridized carbons (Fsp3) is 0.154. The molecule has 2 aromatic rings. The van der Waals surface area contributed by atoms with E-state index in [1.54, 1.807) is 13.0 Å². The molecule has 0 bridgehead atoms. The van der Waals surface area contributed by atoms with Crippen molar-refractivity contribution in [3.63, 3.8) is 0 Å². The van der Waals surface area contributed by atoms with Gasteiger partial charge in [-0.15, -0.1) is 0 Å². The van der Waals surface area contributed by atoms with Gasteiger partial charge in [0.2, 0.25) is 0 Å². The number of sulfonamides is 1. The van der Waals surface area contributed by atoms with Crippen LogP contribution in [-0.2, 0) is 16.6 Å². The predicted octanol–water partition coefficient (Wildman–Crippen LogP) is 2.55. The van der Waals surface area contributed by atoms with E-state index < -0.39 is 15.8 Å². The van der Waals surface area contributed by atoms with Gasteiger partial charge in [0.25, 0.3) is 10.0 Å². The zero-order valence-corrected chi connectivity index (χ0v) is 13.5. The summed E-state index contributed by atoms with van der Waals surface area (Å²) in [7, 11) is -3.94. The number of hydrogen-bond donors (Lipinski definition) is 2. The Morgan fingerprint density at radius 2 is 2.14 bits per heavy atom. The molecule has 0 radical (unpaired) electrons. The molecule has 1 heterocycles. The van der Waals surface area contributed by atoms with Crippen LogP contribution in [0.4, 0.5) is 10.1 Å². The Hall–Kier alpha value is -1.51. The van der Waals surface area contributed by atoms with Gasteiger partial charge < -0.3 is 5.73 Å². The number of anilines is 1. The van der Waals surface area contributed by atoms with Crippen molar-refractivity contribution in [2.24, 2.45) is 5.73 Å². The van der Waals surface area contributed by atoms with E-state index in [0.717, 1.165) is 11.8 Å². The van der Waals surface area contributed by atoms with Crippen LogP contribution in [0.1, 0.15) is 11.1 Å². The van der Waals surface area contributed by atoms with Crippen molar-refractivity contribution in [1.29, 1.82) is 0 Å². The summed E-state index contributed by atoms with van der Waals surface area (Å²) < 4.78 is 41.0. The summed E-state index contributed by atoms with van der Waals surface area (Å²) in [6.45, 7) is 1.97. The molecule has 0 aliphatic carbocycles. The van der Waals surface area contributed by atoms with Gasteiger partial charge in [-0.1, -0.05) is 6.07 Å². The Morgan fingerprint density at radius 1 is 1.43 bits per heavy atom. The van der Waals surface area contributed by atoms with E-state index in [1.165, 1.54) is 18.3 Å². The van der Waals surface area contributed by atoms with Crippen LogP contribution in [-0.4, -0.2) is 13.4 Å². The number of halogens is 2. The van der Waals surface area contributed by atoms with E-state index in [4.69, 9.17) is 5.73 Å². The van der Waals surface area contributed by atoms with Crippen molar-refractivity contribution in [2.45, 2.75) is 18.4 Å². The first-order chi connectivity index (χ1) is 9.85. The Labute approximate surface area is 130 Å². The van der Waals surface area contributed by atoms with Crippen LogP contribution in [0.5, 0.6) is 0 Å². The van der Waals surface area contributed by atoms with Crippen molar-refractivity contribution in [1.82, 2.24) is 4.98 Å². The lowest BCUT2D eigenvalue weighted by molar-refractivity contribution is 0.597. The monoisotopic (exact) mass is 373 g/mol. The number of rotatable bonds is 4. The van der Waals surface area contributed by atoms with Gasteiger partial charge in [0.15, 0.2) is 5.82 Å². The van der Waals surface area contributed by atoms with E-state index in [-0.39, 0.29) is 17.1 Å². The minimum absolute atomic E-state index is 0.0131. The van der Waals surface area contributed by atoms with Gasteiger partial charge in [0.1, 0.15) is 4.90 Å². The quantitative estimate of drug-likeness (QED) is 0.862. The summed E-state index contributed by atoms with van der Waals surface area (Å²) in [4.78, 5) is 3.58. The molecule has 2 rings (SSSR count). The lowest BCUT2D eigenvalue weighted by Crippen LogP contribution is -2.16. The largest absolute Gasteiger partial charge is 0.326 e. The van der Waals surface area contributed by atoms with E-state index in [0.29, 0.717) is 10.0 Å². The minimum Gasteiger partial charge on any atom is -0.326 e. The van der Waals surface area contributed by atoms with Crippen molar-refractivity contribution in [3.05, 3.63) is 52.0 Å². The van der Waals surface area contributed by atoms with Gasteiger partial charge in [-0.2, -0.15) is 0 Å². The highest BCUT2D eigenvalue weighted by Gasteiger charge is 2.21. The standard InChI is InChI=1S/C13H13BrFN3O2S/c1-8-4-9(6-16)5-12(13(8)14)21(19,20)18-11-2-3-17-7-10(11)15/h2-5,7H,6,16H2,1H3,(H,17,18). The molecule has 3 N–H and O–H groups in total. The number of benzene rings is 1. The fourth-order valence-corrected chi connectivity index (χ4v) is 3.92. The number of nitrogens with one attached hydrogen (secondary N) is 1. The average molecular weight is 374 g/mol. The second-order valence-electron chi connectivity index (χ2n) is 4.39. The number of aryl methyl sites for hydroxylation is 1. The van der Waals surface area contributed by atoms with Crippen LogP contribution >= 0.6 is 15.9 Å². The average Bonchev–Trinajstić information content (AvgIpc) is 2.43. The molecule has 112 valence electrons. The number of nitrogens with two attached hydrogens (primary N) is 1. The third-order valence-corrected chi connectivity index (χ3v) is 5.53. The molecule has 0 saturated heterocycles. The maximum atomic E-state index is 13.5. The maximum absolute atomic E-state index is 13.5. The van der Waals surface area contributed by atoms with Gasteiger partial charge in [0.05, 0.1) is 11.9 Å². The van der Waals surface area contributed by atoms with Gasteiger partial charge in [-0.25, -0.2) is 12.8 Å². The van der Waals surface area contributed by atoms with E-state index >= 15 is 0 Å². The highest BCUT2D eigenvalue weighted by molar-refractivity contribution is 9.10. The molecule has 0 atom stereocenters. The molecular weight excluding hydrogens is 361 g/mol. The Morgan fingerprint density at radius 3 is 2.76 bits per heavy atom. The molecular formula is C13H13BrFN3O2S. The van der Waals surface area contributed by atoms with Crippen molar-refractivity contribution in [2.75, 3.05) is 4.72 Å². The molecule has 0 fully saturated rings. The van der Waals surface area contributed by atoms with E-state index in [9.17, 15) is 12.8 Å². The number of aromatic nitrogens is 1. The van der Waals surface area contributed by atoms with Crippen molar-refractivity contribution >= 4 is 31.6 Å². The molecule has 0 saturated carbocycles. The molecule has 0 aliphatic rings. The zero-order chi connectivity index (χ0) is 15.6. The Balaban J connectivity index is 2.50. The first-order valence-corrected chi connectivity index (χ1v) is 8.24. The SMILES string of the molecule is Cc1cc(CN)cc(S(=O)(=O)Nc2ccncc2F)c1Br. The summed E-state index contributed by atoms with van der Waals surface area (Å²) >= 11 is 3.25. The van der Waals surface area contributed by atoms with Crippen LogP contribution in [0, 0.1) is 12.7 Å². The molecule has 5 nitrogen and oxygen atoms in total. The van der Waals surface area contributed by atoms with E-state index in [2.05, 4.69) is 25.6 Å². The Bertz CT molecular complexity index is 781. The molecule has 0 amide bonds. The van der Waals surface area contributed by atoms with Crippen molar-refractivity contribution < 1.29 is 12.8 Å². The van der Waals surface area contributed by atoms with E-state index in [1.807, 2.05) is 0 Å². The van der Waals surface area contributed by atoms with Crippen LogP contribution in [0.15, 0.2) is 40.0 Å². The zero-order valence-electron chi connectivity index (χ0n) is 11.1. The molecule has 0 spiro atoms. The summed E-state index contributed by atoms with van der Waals surface area (Å²) in [6, 6.07) is 4.50. The molecule has 0 unspecified atom stereocenters. The molecule has 0 aliphatic heterocycles. The Kier molecular flexibility index (Phi) is 4.60. The maximum Gasteiger partial charge on any atom is 0.263 e. The van der Waals surface area contributed by atoms with Crippen LogP contribution in [0.25, 0.3) is 0 Å². The molecule has 21 heavy (non-hydrogen) atoms. The van der Waals surface area contributed by atoms with Crippen LogP contribution < -0.4 is 10.5 Å². The lowest BCUT2D eigenvalue weighted by atomic mass is 10.1. The first kappa shape index (κ1) is 15.9. The van der Waals surface area contributed by atoms with Crippen LogP contribution in [0.2, 0.25) is 0 Å². The second kappa shape index (κ2) is 6.08. The molecule has 8 heteroatoms. The number of nitrogens with zero attached hydrogens (tertiary/aromatic N) is 1. The van der Waals surface area contributed by atoms with Crippen molar-refractivity contribution in [3.8, 4) is 0 Å². The van der Waals surface area contributed by atoms with Gasteiger partial charge in [-0.05, 0) is 46.1 Å². The highest BCUT2D eigenvalue weighted by atomic mass is 79.9. The van der Waals surface area contributed by atoms with Gasteiger partial charge >= 0.3 is 0 Å². The molecule has 1 aromatic heterocycles. The predicted molar refractivity (Wildman–Crippen MR) is 81.8 cm³/mol. The van der Waals surface area contributed by atoms with Crippen LogP contribution in [0.3, 0.4) is 0 Å².